The third-order valence-corrected chi connectivity index (χ3v) is 3.87. The minimum Gasteiger partial charge on any atom is -0.380 e. The quantitative estimate of drug-likeness (QED) is 0.350. The molecular formula is C17H35N3O2. The highest BCUT2D eigenvalue weighted by atomic mass is 16.5. The van der Waals surface area contributed by atoms with Gasteiger partial charge in [0.15, 0.2) is 5.96 Å². The number of nitrogens with one attached hydrogen (secondary N) is 2. The van der Waals surface area contributed by atoms with Crippen molar-refractivity contribution >= 4 is 5.96 Å². The van der Waals surface area contributed by atoms with Crippen LogP contribution in [0.25, 0.3) is 0 Å². The molecule has 1 aliphatic rings. The third kappa shape index (κ3) is 10.0. The van der Waals surface area contributed by atoms with Crippen molar-refractivity contribution in [2.75, 3.05) is 40.0 Å². The smallest absolute Gasteiger partial charge is 0.191 e. The molecule has 5 nitrogen and oxygen atoms in total. The maximum atomic E-state index is 5.84. The first-order valence-electron chi connectivity index (χ1n) is 8.86. The van der Waals surface area contributed by atoms with Gasteiger partial charge in [-0.1, -0.05) is 26.7 Å². The molecule has 0 saturated heterocycles. The highest BCUT2D eigenvalue weighted by Gasteiger charge is 2.14. The minimum absolute atomic E-state index is 0.514. The molecule has 5 heteroatoms. The molecule has 0 amide bonds. The lowest BCUT2D eigenvalue weighted by molar-refractivity contribution is 0.0574. The highest BCUT2D eigenvalue weighted by molar-refractivity contribution is 5.79. The molecule has 0 unspecified atom stereocenters. The van der Waals surface area contributed by atoms with E-state index in [0.29, 0.717) is 12.0 Å². The maximum absolute atomic E-state index is 5.84. The largest absolute Gasteiger partial charge is 0.380 e. The fraction of sp³-hybridized carbons (Fsp3) is 0.941. The van der Waals surface area contributed by atoms with E-state index in [2.05, 4.69) is 29.5 Å². The molecule has 0 aromatic rings. The number of rotatable bonds is 11. The highest BCUT2D eigenvalue weighted by Crippen LogP contribution is 2.20. The van der Waals surface area contributed by atoms with Crippen LogP contribution in [0, 0.1) is 5.92 Å². The molecule has 2 N–H and O–H groups in total. The molecule has 130 valence electrons. The molecule has 1 rings (SSSR count). The van der Waals surface area contributed by atoms with E-state index < -0.39 is 0 Å². The van der Waals surface area contributed by atoms with E-state index in [1.165, 1.54) is 25.7 Å². The number of ether oxygens (including phenoxy) is 2. The van der Waals surface area contributed by atoms with Crippen LogP contribution >= 0.6 is 0 Å². The Morgan fingerprint density at radius 1 is 1.09 bits per heavy atom. The first kappa shape index (κ1) is 19.2. The van der Waals surface area contributed by atoms with Crippen molar-refractivity contribution in [3.05, 3.63) is 0 Å². The number of nitrogens with zero attached hydrogens (tertiary/aromatic N) is 1. The average molecular weight is 313 g/mol. The van der Waals surface area contributed by atoms with Crippen LogP contribution in [0.5, 0.6) is 0 Å². The van der Waals surface area contributed by atoms with Crippen molar-refractivity contribution in [1.29, 1.82) is 0 Å². The molecule has 0 aromatic carbocycles. The summed E-state index contributed by atoms with van der Waals surface area (Å²) >= 11 is 0. The van der Waals surface area contributed by atoms with Crippen molar-refractivity contribution in [1.82, 2.24) is 10.6 Å². The predicted molar refractivity (Wildman–Crippen MR) is 92.5 cm³/mol. The van der Waals surface area contributed by atoms with Gasteiger partial charge < -0.3 is 20.1 Å². The number of hydrogen-bond donors (Lipinski definition) is 2. The van der Waals surface area contributed by atoms with Gasteiger partial charge in [0.25, 0.3) is 0 Å². The monoisotopic (exact) mass is 313 g/mol. The lowest BCUT2D eigenvalue weighted by Crippen LogP contribution is -2.39. The molecule has 22 heavy (non-hydrogen) atoms. The maximum Gasteiger partial charge on any atom is 0.191 e. The van der Waals surface area contributed by atoms with Crippen molar-refractivity contribution in [2.24, 2.45) is 10.9 Å². The summed E-state index contributed by atoms with van der Waals surface area (Å²) < 4.78 is 11.4. The number of aliphatic imine (C=N–C) groups is 1. The molecule has 1 fully saturated rings. The number of hydrogen-bond acceptors (Lipinski definition) is 3. The van der Waals surface area contributed by atoms with Crippen molar-refractivity contribution in [2.45, 2.75) is 58.5 Å². The Morgan fingerprint density at radius 2 is 1.82 bits per heavy atom. The van der Waals surface area contributed by atoms with Gasteiger partial charge in [-0.25, -0.2) is 0 Å². The second-order valence-electron chi connectivity index (χ2n) is 6.35. The molecule has 0 heterocycles. The topological polar surface area (TPSA) is 54.9 Å². The Kier molecular flexibility index (Phi) is 11.1. The van der Waals surface area contributed by atoms with Gasteiger partial charge >= 0.3 is 0 Å². The van der Waals surface area contributed by atoms with Crippen LogP contribution in [-0.2, 0) is 9.47 Å². The molecule has 0 aromatic heterocycles. The summed E-state index contributed by atoms with van der Waals surface area (Å²) in [6.07, 6.45) is 7.80. The van der Waals surface area contributed by atoms with Crippen molar-refractivity contribution < 1.29 is 9.47 Å². The van der Waals surface area contributed by atoms with Crippen molar-refractivity contribution in [3.8, 4) is 0 Å². The van der Waals surface area contributed by atoms with E-state index in [9.17, 15) is 0 Å². The van der Waals surface area contributed by atoms with E-state index in [0.717, 1.165) is 51.7 Å². The van der Waals surface area contributed by atoms with Gasteiger partial charge in [0.2, 0.25) is 0 Å². The zero-order valence-electron chi connectivity index (χ0n) is 14.7. The first-order valence-corrected chi connectivity index (χ1v) is 8.86. The van der Waals surface area contributed by atoms with Gasteiger partial charge in [-0.15, -0.1) is 0 Å². The summed E-state index contributed by atoms with van der Waals surface area (Å²) in [6, 6.07) is 0. The van der Waals surface area contributed by atoms with Crippen LogP contribution in [0.15, 0.2) is 4.99 Å². The van der Waals surface area contributed by atoms with E-state index in [4.69, 9.17) is 9.47 Å². The first-order chi connectivity index (χ1) is 10.7. The Morgan fingerprint density at radius 3 is 2.50 bits per heavy atom. The molecule has 0 atom stereocenters. The average Bonchev–Trinajstić information content (AvgIpc) is 3.01. The van der Waals surface area contributed by atoms with Gasteiger partial charge in [0, 0.05) is 33.4 Å². The molecule has 0 aliphatic heterocycles. The van der Waals surface area contributed by atoms with E-state index >= 15 is 0 Å². The van der Waals surface area contributed by atoms with Crippen LogP contribution in [0.3, 0.4) is 0 Å². The summed E-state index contributed by atoms with van der Waals surface area (Å²) in [4.78, 5) is 4.21. The lowest BCUT2D eigenvalue weighted by atomic mass is 10.1. The fourth-order valence-electron chi connectivity index (χ4n) is 2.47. The SMILES string of the molecule is CN=C(NCCCOC1CCCC1)NCCOCCC(C)C. The Bertz CT molecular complexity index is 290. The van der Waals surface area contributed by atoms with Gasteiger partial charge in [0.05, 0.1) is 12.7 Å². The summed E-state index contributed by atoms with van der Waals surface area (Å²) in [5, 5.41) is 6.57. The third-order valence-electron chi connectivity index (χ3n) is 3.87. The Labute approximate surface area is 136 Å². The van der Waals surface area contributed by atoms with Crippen LogP contribution in [0.1, 0.15) is 52.4 Å². The van der Waals surface area contributed by atoms with Gasteiger partial charge in [-0.05, 0) is 31.6 Å². The molecule has 1 saturated carbocycles. The summed E-state index contributed by atoms with van der Waals surface area (Å²) in [5.74, 6) is 1.54. The summed E-state index contributed by atoms with van der Waals surface area (Å²) in [5.41, 5.74) is 0. The van der Waals surface area contributed by atoms with E-state index in [1.807, 2.05) is 0 Å². The Hall–Kier alpha value is -0.810. The van der Waals surface area contributed by atoms with Crippen LogP contribution in [-0.4, -0.2) is 52.0 Å². The van der Waals surface area contributed by atoms with Crippen LogP contribution in [0.2, 0.25) is 0 Å². The lowest BCUT2D eigenvalue weighted by Gasteiger charge is -2.14. The predicted octanol–water partition coefficient (Wildman–Crippen LogP) is 2.56. The van der Waals surface area contributed by atoms with Gasteiger partial charge in [-0.2, -0.15) is 0 Å². The molecule has 0 radical (unpaired) electrons. The zero-order chi connectivity index (χ0) is 16.0. The van der Waals surface area contributed by atoms with Gasteiger partial charge in [0.1, 0.15) is 0 Å². The second-order valence-corrected chi connectivity index (χ2v) is 6.35. The van der Waals surface area contributed by atoms with E-state index in [1.54, 1.807) is 7.05 Å². The molecule has 0 spiro atoms. The van der Waals surface area contributed by atoms with Crippen molar-refractivity contribution in [3.63, 3.8) is 0 Å². The molecular weight excluding hydrogens is 278 g/mol. The van der Waals surface area contributed by atoms with Crippen LogP contribution < -0.4 is 10.6 Å². The summed E-state index contributed by atoms with van der Waals surface area (Å²) in [6.45, 7) is 8.50. The Balaban J connectivity index is 1.91. The van der Waals surface area contributed by atoms with Gasteiger partial charge in [-0.3, -0.25) is 4.99 Å². The second kappa shape index (κ2) is 12.7. The normalized spacial score (nSPS) is 16.5. The minimum atomic E-state index is 0.514. The number of guanidine groups is 1. The van der Waals surface area contributed by atoms with E-state index in [-0.39, 0.29) is 0 Å². The summed E-state index contributed by atoms with van der Waals surface area (Å²) in [7, 11) is 1.80. The zero-order valence-corrected chi connectivity index (χ0v) is 14.7. The van der Waals surface area contributed by atoms with Crippen LogP contribution in [0.4, 0.5) is 0 Å². The molecule has 1 aliphatic carbocycles. The molecule has 0 bridgehead atoms. The standard InChI is InChI=1S/C17H35N3O2/c1-15(2)9-13-21-14-11-20-17(18-3)19-10-6-12-22-16-7-4-5-8-16/h15-16H,4-14H2,1-3H3,(H2,18,19,20). The fourth-order valence-corrected chi connectivity index (χ4v) is 2.47.